The summed E-state index contributed by atoms with van der Waals surface area (Å²) in [5, 5.41) is 2.09. The number of ether oxygens (including phenoxy) is 1. The Morgan fingerprint density at radius 3 is 2.32 bits per heavy atom. The van der Waals surface area contributed by atoms with Crippen LogP contribution in [0.4, 0.5) is 4.39 Å². The third kappa shape index (κ3) is 3.24. The Bertz CT molecular complexity index is 747. The molecule has 0 aliphatic carbocycles. The van der Waals surface area contributed by atoms with Gasteiger partial charge < -0.3 is 4.74 Å². The van der Waals surface area contributed by atoms with Crippen LogP contribution >= 0.6 is 0 Å². The Hall–Kier alpha value is -2.77. The molecular weight excluding hydrogens is 331 g/mol. The lowest BCUT2D eigenvalue weighted by Gasteiger charge is -2.27. The van der Waals surface area contributed by atoms with Gasteiger partial charge in [-0.2, -0.15) is 0 Å². The Morgan fingerprint density at radius 1 is 1.16 bits per heavy atom. The van der Waals surface area contributed by atoms with Crippen LogP contribution in [0.5, 0.6) is 5.75 Å². The molecule has 8 heteroatoms. The average Bonchev–Trinajstić information content (AvgIpc) is 2.82. The van der Waals surface area contributed by atoms with E-state index < -0.39 is 35.5 Å². The minimum Gasteiger partial charge on any atom is -0.491 e. The van der Waals surface area contributed by atoms with E-state index in [1.165, 1.54) is 6.07 Å². The number of fused-ring (bicyclic) bond motifs is 1. The summed E-state index contributed by atoms with van der Waals surface area (Å²) in [4.78, 5) is 48.7. The number of rotatable bonds is 3. The number of imide groups is 2. The first-order chi connectivity index (χ1) is 11.9. The van der Waals surface area contributed by atoms with Crippen LogP contribution in [0.15, 0.2) is 12.1 Å². The molecule has 1 fully saturated rings. The van der Waals surface area contributed by atoms with Crippen LogP contribution in [0.2, 0.25) is 0 Å². The number of hydrogen-bond acceptors (Lipinski definition) is 5. The van der Waals surface area contributed by atoms with Gasteiger partial charge >= 0.3 is 0 Å². The van der Waals surface area contributed by atoms with Gasteiger partial charge in [-0.1, -0.05) is 13.8 Å². The summed E-state index contributed by atoms with van der Waals surface area (Å²) in [5.41, 5.74) is -0.120. The summed E-state index contributed by atoms with van der Waals surface area (Å²) in [7, 11) is 0. The van der Waals surface area contributed by atoms with Crippen LogP contribution in [-0.2, 0) is 9.59 Å². The zero-order valence-electron chi connectivity index (χ0n) is 14.2. The molecule has 0 saturated carbocycles. The van der Waals surface area contributed by atoms with E-state index in [1.54, 1.807) is 6.92 Å². The van der Waals surface area contributed by atoms with Crippen molar-refractivity contribution in [2.75, 3.05) is 6.61 Å². The summed E-state index contributed by atoms with van der Waals surface area (Å²) >= 11 is 0. The van der Waals surface area contributed by atoms with E-state index in [0.29, 0.717) is 0 Å². The van der Waals surface area contributed by atoms with Crippen LogP contribution in [-0.4, -0.2) is 41.2 Å². The molecule has 4 amide bonds. The van der Waals surface area contributed by atoms with Gasteiger partial charge in [0.2, 0.25) is 11.8 Å². The summed E-state index contributed by atoms with van der Waals surface area (Å²) < 4.78 is 19.0. The number of halogens is 1. The lowest BCUT2D eigenvalue weighted by Crippen LogP contribution is -2.54. The number of piperidine rings is 1. The summed E-state index contributed by atoms with van der Waals surface area (Å²) in [6, 6.07) is 1.03. The molecule has 0 radical (unpaired) electrons. The summed E-state index contributed by atoms with van der Waals surface area (Å²) in [6.45, 7) is 5.87. The van der Waals surface area contributed by atoms with Gasteiger partial charge in [-0.15, -0.1) is 0 Å². The quantitative estimate of drug-likeness (QED) is 0.837. The first-order valence-electron chi connectivity index (χ1n) is 8.12. The molecule has 7 nitrogen and oxygen atoms in total. The van der Waals surface area contributed by atoms with Crippen molar-refractivity contribution in [1.29, 1.82) is 0 Å². The van der Waals surface area contributed by atoms with Crippen molar-refractivity contribution in [3.63, 3.8) is 0 Å². The van der Waals surface area contributed by atoms with Crippen LogP contribution in [0, 0.1) is 5.82 Å². The van der Waals surface area contributed by atoms with Gasteiger partial charge in [0.05, 0.1) is 17.7 Å². The van der Waals surface area contributed by atoms with Gasteiger partial charge in [-0.25, -0.2) is 4.39 Å². The molecule has 0 bridgehead atoms. The molecule has 2 aliphatic heterocycles. The van der Waals surface area contributed by atoms with Gasteiger partial charge in [0.25, 0.3) is 11.8 Å². The predicted molar refractivity (Wildman–Crippen MR) is 85.6 cm³/mol. The second-order valence-corrected chi connectivity index (χ2v) is 5.21. The van der Waals surface area contributed by atoms with Gasteiger partial charge in [-0.05, 0) is 25.5 Å². The largest absolute Gasteiger partial charge is 0.491 e. The standard InChI is InChI=1S/C15H13FN2O5.C2H6/c1-2-23-11-6-8-7(5-9(11)16)14(21)18(15(8)22)10-3-4-12(19)17-13(10)20;1-2/h5-6,10H,2-4H2,1H3,(H,17,19,20);1-2H3. The highest BCUT2D eigenvalue weighted by Crippen LogP contribution is 2.32. The van der Waals surface area contributed by atoms with E-state index in [2.05, 4.69) is 5.32 Å². The van der Waals surface area contributed by atoms with E-state index in [0.717, 1.165) is 11.0 Å². The number of benzene rings is 1. The zero-order chi connectivity index (χ0) is 18.7. The first kappa shape index (κ1) is 18.6. The molecule has 1 unspecified atom stereocenters. The summed E-state index contributed by atoms with van der Waals surface area (Å²) in [5.74, 6) is -3.48. The number of carbonyl (C=O) groups excluding carboxylic acids is 4. The molecule has 25 heavy (non-hydrogen) atoms. The van der Waals surface area contributed by atoms with Crippen molar-refractivity contribution in [3.05, 3.63) is 29.1 Å². The van der Waals surface area contributed by atoms with E-state index in [9.17, 15) is 23.6 Å². The molecule has 1 aromatic carbocycles. The third-order valence-electron chi connectivity index (χ3n) is 3.79. The fourth-order valence-corrected chi connectivity index (χ4v) is 2.74. The topological polar surface area (TPSA) is 92.8 Å². The molecule has 0 aromatic heterocycles. The van der Waals surface area contributed by atoms with Crippen LogP contribution in [0.1, 0.15) is 54.3 Å². The van der Waals surface area contributed by atoms with E-state index in [-0.39, 0.29) is 36.3 Å². The van der Waals surface area contributed by atoms with Crippen molar-refractivity contribution in [3.8, 4) is 5.75 Å². The Balaban J connectivity index is 0.00000109. The molecule has 134 valence electrons. The van der Waals surface area contributed by atoms with Crippen molar-refractivity contribution in [2.24, 2.45) is 0 Å². The highest BCUT2D eigenvalue weighted by molar-refractivity contribution is 6.23. The normalized spacial score (nSPS) is 19.2. The highest BCUT2D eigenvalue weighted by Gasteiger charge is 2.45. The zero-order valence-corrected chi connectivity index (χ0v) is 14.2. The summed E-state index contributed by atoms with van der Waals surface area (Å²) in [6.07, 6.45) is 0.0826. The molecule has 2 aliphatic rings. The molecule has 2 heterocycles. The first-order valence-corrected chi connectivity index (χ1v) is 8.12. The molecular formula is C17H19FN2O5. The van der Waals surface area contributed by atoms with Crippen LogP contribution in [0.3, 0.4) is 0 Å². The second kappa shape index (κ2) is 7.42. The third-order valence-corrected chi connectivity index (χ3v) is 3.79. The molecule has 0 spiro atoms. The number of nitrogens with zero attached hydrogens (tertiary/aromatic N) is 1. The highest BCUT2D eigenvalue weighted by atomic mass is 19.1. The van der Waals surface area contributed by atoms with Crippen molar-refractivity contribution >= 4 is 23.6 Å². The van der Waals surface area contributed by atoms with Crippen LogP contribution in [0.25, 0.3) is 0 Å². The maximum Gasteiger partial charge on any atom is 0.262 e. The molecule has 1 aromatic rings. The van der Waals surface area contributed by atoms with Crippen LogP contribution < -0.4 is 10.1 Å². The Kier molecular flexibility index (Phi) is 5.51. The fraction of sp³-hybridized carbons (Fsp3) is 0.412. The number of amides is 4. The average molecular weight is 350 g/mol. The lowest BCUT2D eigenvalue weighted by molar-refractivity contribution is -0.136. The minimum atomic E-state index is -1.07. The van der Waals surface area contributed by atoms with Gasteiger partial charge in [-0.3, -0.25) is 29.4 Å². The SMILES string of the molecule is CC.CCOc1cc2c(cc1F)C(=O)N(C1CCC(=O)NC1=O)C2=O. The minimum absolute atomic E-state index is 0.00968. The van der Waals surface area contributed by atoms with Crippen molar-refractivity contribution in [1.82, 2.24) is 10.2 Å². The van der Waals surface area contributed by atoms with Crippen molar-refractivity contribution < 1.29 is 28.3 Å². The predicted octanol–water partition coefficient (Wildman–Crippen LogP) is 1.65. The van der Waals surface area contributed by atoms with Gasteiger partial charge in [0.15, 0.2) is 11.6 Å². The van der Waals surface area contributed by atoms with Gasteiger partial charge in [0.1, 0.15) is 6.04 Å². The smallest absolute Gasteiger partial charge is 0.262 e. The molecule has 1 N–H and O–H groups in total. The maximum atomic E-state index is 13.9. The Labute approximate surface area is 144 Å². The number of carbonyl (C=O) groups is 4. The molecule has 1 saturated heterocycles. The van der Waals surface area contributed by atoms with E-state index in [4.69, 9.17) is 4.74 Å². The second-order valence-electron chi connectivity index (χ2n) is 5.21. The maximum absolute atomic E-state index is 13.9. The Morgan fingerprint density at radius 2 is 1.76 bits per heavy atom. The van der Waals surface area contributed by atoms with Gasteiger partial charge in [0, 0.05) is 6.42 Å². The lowest BCUT2D eigenvalue weighted by atomic mass is 10.0. The van der Waals surface area contributed by atoms with E-state index >= 15 is 0 Å². The van der Waals surface area contributed by atoms with E-state index in [1.807, 2.05) is 13.8 Å². The number of hydrogen-bond donors (Lipinski definition) is 1. The molecule has 3 rings (SSSR count). The monoisotopic (exact) mass is 350 g/mol. The molecule has 1 atom stereocenters. The fourth-order valence-electron chi connectivity index (χ4n) is 2.74. The van der Waals surface area contributed by atoms with Crippen molar-refractivity contribution in [2.45, 2.75) is 39.7 Å². The number of nitrogens with one attached hydrogen (secondary N) is 1.